The van der Waals surface area contributed by atoms with E-state index in [1.807, 2.05) is 0 Å². The van der Waals surface area contributed by atoms with Gasteiger partial charge in [0.15, 0.2) is 0 Å². The quantitative estimate of drug-likeness (QED) is 0.843. The molecule has 1 aliphatic heterocycles. The van der Waals surface area contributed by atoms with Crippen molar-refractivity contribution < 1.29 is 23.9 Å². The Balaban J connectivity index is 1.51. The lowest BCUT2D eigenvalue weighted by molar-refractivity contribution is -0.141. The van der Waals surface area contributed by atoms with Crippen molar-refractivity contribution in [3.8, 4) is 0 Å². The summed E-state index contributed by atoms with van der Waals surface area (Å²) in [6, 6.07) is 3.46. The van der Waals surface area contributed by atoms with Gasteiger partial charge in [-0.1, -0.05) is 0 Å². The predicted molar refractivity (Wildman–Crippen MR) is 79.1 cm³/mol. The molecule has 0 radical (unpaired) electrons. The number of aliphatic carboxylic acids is 1. The normalized spacial score (nSPS) is 27.4. The monoisotopic (exact) mass is 320 g/mol. The minimum absolute atomic E-state index is 0.0589. The summed E-state index contributed by atoms with van der Waals surface area (Å²) in [6.07, 6.45) is 3.49. The average Bonchev–Trinajstić information content (AvgIpc) is 3.21. The van der Waals surface area contributed by atoms with E-state index in [1.54, 1.807) is 23.3 Å². The van der Waals surface area contributed by atoms with Gasteiger partial charge in [-0.05, 0) is 31.4 Å². The number of likely N-dealkylation sites (tertiary alicyclic amines) is 1. The zero-order valence-corrected chi connectivity index (χ0v) is 12.7. The van der Waals surface area contributed by atoms with Crippen molar-refractivity contribution in [2.75, 3.05) is 6.54 Å². The molecule has 2 heterocycles. The summed E-state index contributed by atoms with van der Waals surface area (Å²) in [6.45, 7) is 0.751. The molecule has 7 heteroatoms. The Morgan fingerprint density at radius 1 is 1.35 bits per heavy atom. The highest BCUT2D eigenvalue weighted by Gasteiger charge is 2.37. The molecule has 2 N–H and O–H groups in total. The van der Waals surface area contributed by atoms with Crippen LogP contribution in [-0.4, -0.2) is 40.4 Å². The summed E-state index contributed by atoms with van der Waals surface area (Å²) < 4.78 is 5.23. The second-order valence-corrected chi connectivity index (χ2v) is 6.31. The maximum absolute atomic E-state index is 12.3. The van der Waals surface area contributed by atoms with Crippen LogP contribution in [0.1, 0.15) is 31.4 Å². The molecule has 0 spiro atoms. The molecule has 3 atom stereocenters. The van der Waals surface area contributed by atoms with Crippen LogP contribution >= 0.6 is 0 Å². The Morgan fingerprint density at radius 3 is 2.83 bits per heavy atom. The molecular weight excluding hydrogens is 300 g/mol. The van der Waals surface area contributed by atoms with Gasteiger partial charge in [-0.3, -0.25) is 14.4 Å². The van der Waals surface area contributed by atoms with Gasteiger partial charge in [0, 0.05) is 19.0 Å². The van der Waals surface area contributed by atoms with Gasteiger partial charge >= 0.3 is 5.97 Å². The smallest absolute Gasteiger partial charge is 0.306 e. The Kier molecular flexibility index (Phi) is 4.36. The van der Waals surface area contributed by atoms with Crippen molar-refractivity contribution in [3.05, 3.63) is 24.2 Å². The second-order valence-electron chi connectivity index (χ2n) is 6.31. The van der Waals surface area contributed by atoms with Crippen molar-refractivity contribution in [1.82, 2.24) is 10.2 Å². The standard InChI is InChI=1S/C16H20N2O5/c19-14-7-11(8-18(14)9-13-2-1-5-23-13)15(20)17-12-4-3-10(6-12)16(21)22/h1-2,5,10-12H,3-4,6-9H2,(H,17,20)(H,21,22)/t10-,11?,12+/m0/s1. The summed E-state index contributed by atoms with van der Waals surface area (Å²) in [5, 5.41) is 11.9. The van der Waals surface area contributed by atoms with E-state index in [0.717, 1.165) is 0 Å². The van der Waals surface area contributed by atoms with Crippen molar-refractivity contribution in [2.45, 2.75) is 38.3 Å². The summed E-state index contributed by atoms with van der Waals surface area (Å²) in [4.78, 5) is 36.9. The van der Waals surface area contributed by atoms with Crippen LogP contribution in [0.3, 0.4) is 0 Å². The van der Waals surface area contributed by atoms with Crippen molar-refractivity contribution in [2.24, 2.45) is 11.8 Å². The molecule has 0 bridgehead atoms. The fourth-order valence-electron chi connectivity index (χ4n) is 3.35. The molecule has 1 aliphatic carbocycles. The van der Waals surface area contributed by atoms with Crippen LogP contribution in [0, 0.1) is 11.8 Å². The van der Waals surface area contributed by atoms with E-state index in [9.17, 15) is 14.4 Å². The number of rotatable bonds is 5. The number of nitrogens with one attached hydrogen (secondary N) is 1. The molecule has 0 aromatic carbocycles. The Hall–Kier alpha value is -2.31. The van der Waals surface area contributed by atoms with Crippen LogP contribution in [0.5, 0.6) is 0 Å². The second kappa shape index (κ2) is 6.44. The number of hydrogen-bond donors (Lipinski definition) is 2. The van der Waals surface area contributed by atoms with Crippen LogP contribution in [-0.2, 0) is 20.9 Å². The maximum Gasteiger partial charge on any atom is 0.306 e. The minimum atomic E-state index is -0.803. The van der Waals surface area contributed by atoms with E-state index in [4.69, 9.17) is 9.52 Å². The van der Waals surface area contributed by atoms with Crippen LogP contribution in [0.2, 0.25) is 0 Å². The van der Waals surface area contributed by atoms with Gasteiger partial charge in [-0.15, -0.1) is 0 Å². The number of furan rings is 1. The zero-order chi connectivity index (χ0) is 16.4. The summed E-state index contributed by atoms with van der Waals surface area (Å²) >= 11 is 0. The van der Waals surface area contributed by atoms with Crippen LogP contribution in [0.15, 0.2) is 22.8 Å². The van der Waals surface area contributed by atoms with Gasteiger partial charge in [0.25, 0.3) is 0 Å². The largest absolute Gasteiger partial charge is 0.481 e. The highest BCUT2D eigenvalue weighted by molar-refractivity contribution is 5.89. The van der Waals surface area contributed by atoms with Gasteiger partial charge in [-0.25, -0.2) is 0 Å². The van der Waals surface area contributed by atoms with Gasteiger partial charge in [0.05, 0.1) is 24.6 Å². The summed E-state index contributed by atoms with van der Waals surface area (Å²) in [5.74, 6) is -1.07. The number of carbonyl (C=O) groups excluding carboxylic acids is 2. The maximum atomic E-state index is 12.3. The molecule has 1 saturated heterocycles. The van der Waals surface area contributed by atoms with Gasteiger partial charge < -0.3 is 19.7 Å². The lowest BCUT2D eigenvalue weighted by Gasteiger charge is -2.17. The van der Waals surface area contributed by atoms with E-state index in [2.05, 4.69) is 5.32 Å². The van der Waals surface area contributed by atoms with Gasteiger partial charge in [0.1, 0.15) is 5.76 Å². The Bertz CT molecular complexity index is 598. The first-order valence-electron chi connectivity index (χ1n) is 7.86. The van der Waals surface area contributed by atoms with E-state index in [0.29, 0.717) is 38.1 Å². The molecule has 1 saturated carbocycles. The molecule has 1 aromatic heterocycles. The first kappa shape index (κ1) is 15.6. The van der Waals surface area contributed by atoms with E-state index < -0.39 is 5.97 Å². The predicted octanol–water partition coefficient (Wildman–Crippen LogP) is 0.998. The van der Waals surface area contributed by atoms with Crippen LogP contribution in [0.4, 0.5) is 0 Å². The molecule has 1 aromatic rings. The van der Waals surface area contributed by atoms with Crippen molar-refractivity contribution >= 4 is 17.8 Å². The SMILES string of the molecule is O=C(N[C@@H]1CC[C@H](C(=O)O)C1)C1CC(=O)N(Cc2ccco2)C1. The fraction of sp³-hybridized carbons (Fsp3) is 0.562. The Labute approximate surface area is 133 Å². The molecular formula is C16H20N2O5. The van der Waals surface area contributed by atoms with Crippen LogP contribution < -0.4 is 5.32 Å². The number of nitrogens with zero attached hydrogens (tertiary/aromatic N) is 1. The van der Waals surface area contributed by atoms with Gasteiger partial charge in [-0.2, -0.15) is 0 Å². The van der Waals surface area contributed by atoms with E-state index >= 15 is 0 Å². The van der Waals surface area contributed by atoms with E-state index in [-0.39, 0.29) is 36.1 Å². The lowest BCUT2D eigenvalue weighted by atomic mass is 10.1. The first-order chi connectivity index (χ1) is 11.0. The number of carboxylic acid groups (broad SMARTS) is 1. The third kappa shape index (κ3) is 3.55. The number of carboxylic acids is 1. The molecule has 2 aliphatic rings. The fourth-order valence-corrected chi connectivity index (χ4v) is 3.35. The number of hydrogen-bond acceptors (Lipinski definition) is 4. The number of carbonyl (C=O) groups is 3. The topological polar surface area (TPSA) is 99.8 Å². The third-order valence-corrected chi connectivity index (χ3v) is 4.64. The number of amides is 2. The minimum Gasteiger partial charge on any atom is -0.481 e. The molecule has 1 unspecified atom stereocenters. The third-order valence-electron chi connectivity index (χ3n) is 4.64. The van der Waals surface area contributed by atoms with Crippen LogP contribution in [0.25, 0.3) is 0 Å². The van der Waals surface area contributed by atoms with Crippen molar-refractivity contribution in [1.29, 1.82) is 0 Å². The molecule has 2 amide bonds. The summed E-state index contributed by atoms with van der Waals surface area (Å²) in [5.41, 5.74) is 0. The lowest BCUT2D eigenvalue weighted by Crippen LogP contribution is -2.38. The first-order valence-corrected chi connectivity index (χ1v) is 7.86. The highest BCUT2D eigenvalue weighted by atomic mass is 16.4. The molecule has 2 fully saturated rings. The molecule has 7 nitrogen and oxygen atoms in total. The van der Waals surface area contributed by atoms with Gasteiger partial charge in [0.2, 0.25) is 11.8 Å². The molecule has 124 valence electrons. The highest BCUT2D eigenvalue weighted by Crippen LogP contribution is 2.27. The van der Waals surface area contributed by atoms with E-state index in [1.165, 1.54) is 0 Å². The Morgan fingerprint density at radius 2 is 2.17 bits per heavy atom. The average molecular weight is 320 g/mol. The zero-order valence-electron chi connectivity index (χ0n) is 12.7. The summed E-state index contributed by atoms with van der Waals surface area (Å²) in [7, 11) is 0. The van der Waals surface area contributed by atoms with Crippen molar-refractivity contribution in [3.63, 3.8) is 0 Å². The molecule has 23 heavy (non-hydrogen) atoms. The molecule has 3 rings (SSSR count).